The molecule has 0 fully saturated rings. The summed E-state index contributed by atoms with van der Waals surface area (Å²) >= 11 is 0. The van der Waals surface area contributed by atoms with E-state index in [1.54, 1.807) is 25.1 Å². The number of hydrogen-bond acceptors (Lipinski definition) is 5. The molecule has 9 heteroatoms. The molecule has 0 aliphatic carbocycles. The van der Waals surface area contributed by atoms with E-state index < -0.39 is 42.6 Å². The van der Waals surface area contributed by atoms with Gasteiger partial charge in [-0.25, -0.2) is 0 Å². The van der Waals surface area contributed by atoms with Crippen molar-refractivity contribution >= 4 is 17.7 Å². The number of ether oxygens (including phenoxy) is 2. The van der Waals surface area contributed by atoms with Crippen LogP contribution >= 0.6 is 0 Å². The van der Waals surface area contributed by atoms with E-state index in [0.29, 0.717) is 18.4 Å². The van der Waals surface area contributed by atoms with Gasteiger partial charge in [0.05, 0.1) is 17.7 Å². The summed E-state index contributed by atoms with van der Waals surface area (Å²) in [6, 6.07) is 10.2. The first-order valence-corrected chi connectivity index (χ1v) is 8.58. The number of esters is 1. The second-order valence-electron chi connectivity index (χ2n) is 5.77. The highest BCUT2D eigenvalue weighted by atomic mass is 19.4. The first-order valence-electron chi connectivity index (χ1n) is 8.58. The normalized spacial score (nSPS) is 10.9. The van der Waals surface area contributed by atoms with Gasteiger partial charge in [-0.05, 0) is 31.2 Å². The molecule has 0 saturated carbocycles. The second kappa shape index (κ2) is 9.72. The zero-order chi connectivity index (χ0) is 21.4. The molecular formula is C20H18F3NO5. The van der Waals surface area contributed by atoms with Gasteiger partial charge in [-0.2, -0.15) is 13.2 Å². The van der Waals surface area contributed by atoms with E-state index in [0.717, 1.165) is 12.1 Å². The summed E-state index contributed by atoms with van der Waals surface area (Å²) in [6.45, 7) is 0.845. The van der Waals surface area contributed by atoms with E-state index in [1.807, 2.05) is 0 Å². The maximum Gasteiger partial charge on any atom is 0.416 e. The molecule has 1 N–H and O–H groups in total. The van der Waals surface area contributed by atoms with Crippen molar-refractivity contribution in [1.82, 2.24) is 5.32 Å². The lowest BCUT2D eigenvalue weighted by Gasteiger charge is -2.10. The zero-order valence-electron chi connectivity index (χ0n) is 15.4. The van der Waals surface area contributed by atoms with Crippen molar-refractivity contribution in [1.29, 1.82) is 0 Å². The minimum Gasteiger partial charge on any atom is -0.493 e. The molecule has 154 valence electrons. The summed E-state index contributed by atoms with van der Waals surface area (Å²) in [5.41, 5.74) is -0.987. The average molecular weight is 409 g/mol. The standard InChI is InChI=1S/C20H18F3NO5/c1-2-28-17-9-4-3-8-15(17)19(27)24-11-18(26)29-12-16(25)13-6-5-7-14(10-13)20(21,22)23/h3-10H,2,11-12H2,1H3,(H,24,27). The topological polar surface area (TPSA) is 81.7 Å². The van der Waals surface area contributed by atoms with Crippen molar-refractivity contribution in [3.8, 4) is 5.75 Å². The molecule has 1 amide bonds. The third-order valence-electron chi connectivity index (χ3n) is 3.70. The van der Waals surface area contributed by atoms with Crippen LogP contribution in [0, 0.1) is 0 Å². The molecule has 0 aliphatic heterocycles. The van der Waals surface area contributed by atoms with Gasteiger partial charge in [0.2, 0.25) is 0 Å². The summed E-state index contributed by atoms with van der Waals surface area (Å²) < 4.78 is 48.1. The SMILES string of the molecule is CCOc1ccccc1C(=O)NCC(=O)OCC(=O)c1cccc(C(F)(F)F)c1. The lowest BCUT2D eigenvalue weighted by Crippen LogP contribution is -2.31. The minimum atomic E-state index is -4.59. The molecule has 2 aromatic carbocycles. The Morgan fingerprint density at radius 2 is 1.76 bits per heavy atom. The predicted molar refractivity (Wildman–Crippen MR) is 96.7 cm³/mol. The third-order valence-corrected chi connectivity index (χ3v) is 3.70. The Hall–Kier alpha value is -3.36. The van der Waals surface area contributed by atoms with E-state index >= 15 is 0 Å². The Morgan fingerprint density at radius 3 is 2.45 bits per heavy atom. The smallest absolute Gasteiger partial charge is 0.416 e. The number of alkyl halides is 3. The molecule has 0 saturated heterocycles. The third kappa shape index (κ3) is 6.34. The Labute approximate surface area is 164 Å². The van der Waals surface area contributed by atoms with Crippen LogP contribution in [0.3, 0.4) is 0 Å². The number of ketones is 1. The fourth-order valence-corrected chi connectivity index (χ4v) is 2.33. The summed E-state index contributed by atoms with van der Waals surface area (Å²) in [5.74, 6) is -1.93. The van der Waals surface area contributed by atoms with Crippen molar-refractivity contribution in [3.05, 3.63) is 65.2 Å². The lowest BCUT2D eigenvalue weighted by atomic mass is 10.1. The zero-order valence-corrected chi connectivity index (χ0v) is 15.4. The van der Waals surface area contributed by atoms with E-state index in [-0.39, 0.29) is 11.1 Å². The number of para-hydroxylation sites is 1. The number of carbonyl (C=O) groups excluding carboxylic acids is 3. The Kier molecular flexibility index (Phi) is 7.35. The molecule has 0 radical (unpaired) electrons. The predicted octanol–water partition coefficient (Wildman–Crippen LogP) is 3.26. The number of Topliss-reactive ketones (excluding diaryl/α,β-unsaturated/α-hetero) is 1. The molecular weight excluding hydrogens is 391 g/mol. The highest BCUT2D eigenvalue weighted by molar-refractivity contribution is 5.99. The molecule has 2 aromatic rings. The van der Waals surface area contributed by atoms with E-state index in [1.165, 1.54) is 12.1 Å². The number of rotatable bonds is 8. The Balaban J connectivity index is 1.87. The van der Waals surface area contributed by atoms with Crippen LogP contribution in [0.5, 0.6) is 5.75 Å². The van der Waals surface area contributed by atoms with Crippen molar-refractivity contribution < 1.29 is 37.0 Å². The summed E-state index contributed by atoms with van der Waals surface area (Å²) in [7, 11) is 0. The van der Waals surface area contributed by atoms with Crippen molar-refractivity contribution in [2.75, 3.05) is 19.8 Å². The molecule has 0 atom stereocenters. The maximum absolute atomic E-state index is 12.7. The first kappa shape index (κ1) is 21.9. The molecule has 0 heterocycles. The largest absolute Gasteiger partial charge is 0.493 e. The molecule has 6 nitrogen and oxygen atoms in total. The van der Waals surface area contributed by atoms with Gasteiger partial charge in [0, 0.05) is 5.56 Å². The minimum absolute atomic E-state index is 0.224. The number of nitrogens with one attached hydrogen (secondary N) is 1. The van der Waals surface area contributed by atoms with Crippen LogP contribution in [-0.4, -0.2) is 37.4 Å². The number of hydrogen-bond donors (Lipinski definition) is 1. The molecule has 0 aliphatic rings. The molecule has 0 bridgehead atoms. The van der Waals surface area contributed by atoms with Crippen LogP contribution in [-0.2, 0) is 15.7 Å². The number of halogens is 3. The first-order chi connectivity index (χ1) is 13.7. The molecule has 29 heavy (non-hydrogen) atoms. The molecule has 0 spiro atoms. The number of carbonyl (C=O) groups is 3. The van der Waals surface area contributed by atoms with Gasteiger partial charge in [-0.15, -0.1) is 0 Å². The van der Waals surface area contributed by atoms with Gasteiger partial charge in [-0.3, -0.25) is 14.4 Å². The average Bonchev–Trinajstić information content (AvgIpc) is 2.70. The van der Waals surface area contributed by atoms with E-state index in [2.05, 4.69) is 5.32 Å². The number of amides is 1. The van der Waals surface area contributed by atoms with E-state index in [9.17, 15) is 27.6 Å². The Morgan fingerprint density at radius 1 is 1.03 bits per heavy atom. The van der Waals surface area contributed by atoms with Gasteiger partial charge in [0.25, 0.3) is 5.91 Å². The Bertz CT molecular complexity index is 896. The molecule has 0 unspecified atom stereocenters. The van der Waals surface area contributed by atoms with Gasteiger partial charge in [-0.1, -0.05) is 24.3 Å². The highest BCUT2D eigenvalue weighted by Crippen LogP contribution is 2.29. The van der Waals surface area contributed by atoms with Crippen LogP contribution in [0.15, 0.2) is 48.5 Å². The van der Waals surface area contributed by atoms with Crippen molar-refractivity contribution in [2.45, 2.75) is 13.1 Å². The second-order valence-corrected chi connectivity index (χ2v) is 5.77. The van der Waals surface area contributed by atoms with Gasteiger partial charge >= 0.3 is 12.1 Å². The van der Waals surface area contributed by atoms with E-state index in [4.69, 9.17) is 9.47 Å². The monoisotopic (exact) mass is 409 g/mol. The number of benzene rings is 2. The van der Waals surface area contributed by atoms with Crippen LogP contribution in [0.4, 0.5) is 13.2 Å². The van der Waals surface area contributed by atoms with Crippen LogP contribution in [0.1, 0.15) is 33.2 Å². The van der Waals surface area contributed by atoms with Crippen LogP contribution in [0.2, 0.25) is 0 Å². The summed E-state index contributed by atoms with van der Waals surface area (Å²) in [6.07, 6.45) is -4.59. The fraction of sp³-hybridized carbons (Fsp3) is 0.250. The fourth-order valence-electron chi connectivity index (χ4n) is 2.33. The van der Waals surface area contributed by atoms with Crippen LogP contribution < -0.4 is 10.1 Å². The quantitative estimate of drug-likeness (QED) is 0.535. The lowest BCUT2D eigenvalue weighted by molar-refractivity contribution is -0.141. The van der Waals surface area contributed by atoms with Gasteiger partial charge in [0.1, 0.15) is 12.3 Å². The van der Waals surface area contributed by atoms with Crippen molar-refractivity contribution in [2.24, 2.45) is 0 Å². The van der Waals surface area contributed by atoms with Crippen molar-refractivity contribution in [3.63, 3.8) is 0 Å². The molecule has 2 rings (SSSR count). The van der Waals surface area contributed by atoms with Gasteiger partial charge < -0.3 is 14.8 Å². The highest BCUT2D eigenvalue weighted by Gasteiger charge is 2.31. The molecule has 0 aromatic heterocycles. The summed E-state index contributed by atoms with van der Waals surface area (Å²) in [5, 5.41) is 2.34. The van der Waals surface area contributed by atoms with Gasteiger partial charge in [0.15, 0.2) is 12.4 Å². The van der Waals surface area contributed by atoms with Crippen LogP contribution in [0.25, 0.3) is 0 Å². The maximum atomic E-state index is 12.7. The summed E-state index contributed by atoms with van der Waals surface area (Å²) in [4.78, 5) is 35.9.